The van der Waals surface area contributed by atoms with Gasteiger partial charge in [-0.3, -0.25) is 9.69 Å². The van der Waals surface area contributed by atoms with E-state index in [9.17, 15) is 9.59 Å². The van der Waals surface area contributed by atoms with Gasteiger partial charge in [0.1, 0.15) is 0 Å². The zero-order valence-electron chi connectivity index (χ0n) is 17.5. The summed E-state index contributed by atoms with van der Waals surface area (Å²) in [4.78, 5) is 30.9. The van der Waals surface area contributed by atoms with Crippen molar-refractivity contribution in [3.8, 4) is 11.5 Å². The number of hydrogen-bond acceptors (Lipinski definition) is 7. The van der Waals surface area contributed by atoms with Gasteiger partial charge in [-0.15, -0.1) is 0 Å². The minimum absolute atomic E-state index is 0.153. The second kappa shape index (κ2) is 10.0. The number of nitrogens with zero attached hydrogens (tertiary/aromatic N) is 2. The van der Waals surface area contributed by atoms with Crippen molar-refractivity contribution in [2.45, 2.75) is 6.92 Å². The summed E-state index contributed by atoms with van der Waals surface area (Å²) in [5.74, 6) is 0.627. The Morgan fingerprint density at radius 1 is 1.23 bits per heavy atom. The number of carbonyl (C=O) groups is 2. The number of ether oxygens (including phenoxy) is 3. The maximum absolute atomic E-state index is 12.7. The van der Waals surface area contributed by atoms with Crippen LogP contribution in [0.5, 0.6) is 11.5 Å². The Morgan fingerprint density at radius 3 is 2.55 bits per heavy atom. The Morgan fingerprint density at radius 2 is 1.94 bits per heavy atom. The van der Waals surface area contributed by atoms with Gasteiger partial charge in [-0.25, -0.2) is 9.79 Å². The first kappa shape index (κ1) is 22.9. The molecule has 0 radical (unpaired) electrons. The van der Waals surface area contributed by atoms with E-state index in [1.54, 1.807) is 44.5 Å². The van der Waals surface area contributed by atoms with Gasteiger partial charge in [0.25, 0.3) is 5.91 Å². The third-order valence-corrected chi connectivity index (χ3v) is 6.00. The molecule has 0 aromatic heterocycles. The number of rotatable bonds is 6. The number of aliphatic imine (C=N–C) groups is 1. The van der Waals surface area contributed by atoms with Crippen molar-refractivity contribution < 1.29 is 23.8 Å². The third kappa shape index (κ3) is 5.11. The van der Waals surface area contributed by atoms with E-state index in [-0.39, 0.29) is 5.91 Å². The quantitative estimate of drug-likeness (QED) is 0.412. The molecular formula is C22H21BrN2O5S. The molecule has 1 fully saturated rings. The van der Waals surface area contributed by atoms with Gasteiger partial charge in [0.05, 0.1) is 41.5 Å². The lowest BCUT2D eigenvalue weighted by Crippen LogP contribution is -2.23. The van der Waals surface area contributed by atoms with E-state index in [0.29, 0.717) is 39.4 Å². The summed E-state index contributed by atoms with van der Waals surface area (Å²) in [7, 11) is 4.58. The molecule has 3 rings (SSSR count). The van der Waals surface area contributed by atoms with Crippen LogP contribution in [0.15, 0.2) is 50.8 Å². The zero-order valence-corrected chi connectivity index (χ0v) is 19.9. The molecule has 162 valence electrons. The normalized spacial score (nSPS) is 16.2. The molecule has 0 atom stereocenters. The van der Waals surface area contributed by atoms with E-state index in [4.69, 9.17) is 14.2 Å². The van der Waals surface area contributed by atoms with Crippen LogP contribution in [-0.2, 0) is 9.53 Å². The topological polar surface area (TPSA) is 77.4 Å². The van der Waals surface area contributed by atoms with Crippen LogP contribution in [0, 0.1) is 0 Å². The monoisotopic (exact) mass is 504 g/mol. The maximum atomic E-state index is 12.7. The Bertz CT molecular complexity index is 1070. The molecule has 7 nitrogen and oxygen atoms in total. The minimum atomic E-state index is -0.413. The van der Waals surface area contributed by atoms with E-state index in [0.717, 1.165) is 10.0 Å². The Labute approximate surface area is 193 Å². The number of esters is 1. The van der Waals surface area contributed by atoms with Gasteiger partial charge in [-0.1, -0.05) is 0 Å². The van der Waals surface area contributed by atoms with Crippen molar-refractivity contribution in [3.63, 3.8) is 0 Å². The summed E-state index contributed by atoms with van der Waals surface area (Å²) in [5.41, 5.74) is 1.86. The van der Waals surface area contributed by atoms with E-state index < -0.39 is 5.97 Å². The Kier molecular flexibility index (Phi) is 7.40. The molecule has 0 bridgehead atoms. The fourth-order valence-electron chi connectivity index (χ4n) is 2.84. The summed E-state index contributed by atoms with van der Waals surface area (Å²) >= 11 is 4.76. The Balaban J connectivity index is 1.88. The number of benzene rings is 2. The summed E-state index contributed by atoms with van der Waals surface area (Å²) < 4.78 is 16.5. The SMILES string of the molecule is CCOc1cc(/C=C2\SC(=Nc3ccc(C(=O)OC)cc3)N(C)C2=O)cc(Br)c1OC. The van der Waals surface area contributed by atoms with Gasteiger partial charge in [0.2, 0.25) is 0 Å². The van der Waals surface area contributed by atoms with Crippen LogP contribution in [0.4, 0.5) is 5.69 Å². The lowest BCUT2D eigenvalue weighted by molar-refractivity contribution is -0.121. The van der Waals surface area contributed by atoms with Gasteiger partial charge in [0, 0.05) is 7.05 Å². The minimum Gasteiger partial charge on any atom is -0.492 e. The molecule has 31 heavy (non-hydrogen) atoms. The van der Waals surface area contributed by atoms with Crippen LogP contribution in [0.3, 0.4) is 0 Å². The number of likely N-dealkylation sites (N-methyl/N-ethyl adjacent to an activating group) is 1. The molecule has 1 aliphatic rings. The van der Waals surface area contributed by atoms with Crippen molar-refractivity contribution in [2.75, 3.05) is 27.9 Å². The van der Waals surface area contributed by atoms with Crippen molar-refractivity contribution in [1.29, 1.82) is 0 Å². The van der Waals surface area contributed by atoms with E-state index in [2.05, 4.69) is 20.9 Å². The fourth-order valence-corrected chi connectivity index (χ4v) is 4.44. The maximum Gasteiger partial charge on any atom is 0.337 e. The second-order valence-corrected chi connectivity index (χ2v) is 8.24. The molecule has 1 aliphatic heterocycles. The largest absolute Gasteiger partial charge is 0.492 e. The predicted molar refractivity (Wildman–Crippen MR) is 125 cm³/mol. The average Bonchev–Trinajstić information content (AvgIpc) is 3.01. The second-order valence-electron chi connectivity index (χ2n) is 6.37. The first-order chi connectivity index (χ1) is 14.9. The van der Waals surface area contributed by atoms with Crippen LogP contribution in [0.2, 0.25) is 0 Å². The van der Waals surface area contributed by atoms with Gasteiger partial charge in [-0.2, -0.15) is 0 Å². The summed E-state index contributed by atoms with van der Waals surface area (Å²) in [6, 6.07) is 10.4. The highest BCUT2D eigenvalue weighted by Crippen LogP contribution is 2.39. The van der Waals surface area contributed by atoms with E-state index in [1.165, 1.54) is 23.8 Å². The van der Waals surface area contributed by atoms with Crippen LogP contribution >= 0.6 is 27.7 Å². The molecule has 2 aromatic carbocycles. The third-order valence-electron chi connectivity index (χ3n) is 4.35. The van der Waals surface area contributed by atoms with E-state index in [1.807, 2.05) is 19.1 Å². The summed E-state index contributed by atoms with van der Waals surface area (Å²) in [6.07, 6.45) is 1.79. The molecule has 0 N–H and O–H groups in total. The number of amidine groups is 1. The standard InChI is InChI=1S/C22H21BrN2O5S/c1-5-30-17-11-13(10-16(23)19(17)28-3)12-18-20(26)25(2)22(31-18)24-15-8-6-14(7-9-15)21(27)29-4/h6-12H,5H2,1-4H3/b18-12-,24-22?. The van der Waals surface area contributed by atoms with Gasteiger partial charge >= 0.3 is 5.97 Å². The van der Waals surface area contributed by atoms with Crippen LogP contribution < -0.4 is 9.47 Å². The first-order valence-electron chi connectivity index (χ1n) is 9.33. The van der Waals surface area contributed by atoms with Crippen molar-refractivity contribution in [1.82, 2.24) is 4.90 Å². The number of methoxy groups -OCH3 is 2. The molecule has 0 spiro atoms. The van der Waals surface area contributed by atoms with Crippen molar-refractivity contribution >= 4 is 56.5 Å². The van der Waals surface area contributed by atoms with Gasteiger partial charge < -0.3 is 14.2 Å². The highest BCUT2D eigenvalue weighted by Gasteiger charge is 2.30. The lowest BCUT2D eigenvalue weighted by Gasteiger charge is -2.12. The van der Waals surface area contributed by atoms with Crippen LogP contribution in [-0.4, -0.2) is 49.8 Å². The first-order valence-corrected chi connectivity index (χ1v) is 10.9. The van der Waals surface area contributed by atoms with Crippen molar-refractivity contribution in [3.05, 3.63) is 56.9 Å². The average molecular weight is 505 g/mol. The van der Waals surface area contributed by atoms with Crippen LogP contribution in [0.1, 0.15) is 22.8 Å². The molecule has 0 saturated carbocycles. The highest BCUT2D eigenvalue weighted by molar-refractivity contribution is 9.10. The molecule has 2 aromatic rings. The van der Waals surface area contributed by atoms with Crippen LogP contribution in [0.25, 0.3) is 6.08 Å². The lowest BCUT2D eigenvalue weighted by atomic mass is 10.2. The molecule has 0 aliphatic carbocycles. The predicted octanol–water partition coefficient (Wildman–Crippen LogP) is 4.88. The summed E-state index contributed by atoms with van der Waals surface area (Å²) in [6.45, 7) is 2.38. The zero-order chi connectivity index (χ0) is 22.5. The van der Waals surface area contributed by atoms with Gasteiger partial charge in [-0.05, 0) is 82.7 Å². The molecular weight excluding hydrogens is 484 g/mol. The molecule has 1 amide bonds. The fraction of sp³-hybridized carbons (Fsp3) is 0.227. The molecule has 9 heteroatoms. The molecule has 1 saturated heterocycles. The van der Waals surface area contributed by atoms with Crippen molar-refractivity contribution in [2.24, 2.45) is 4.99 Å². The highest BCUT2D eigenvalue weighted by atomic mass is 79.9. The van der Waals surface area contributed by atoms with E-state index >= 15 is 0 Å². The number of halogens is 1. The molecule has 0 unspecified atom stereocenters. The molecule has 1 heterocycles. The number of amides is 1. The summed E-state index contributed by atoms with van der Waals surface area (Å²) in [5, 5.41) is 0.541. The number of carbonyl (C=O) groups excluding carboxylic acids is 2. The smallest absolute Gasteiger partial charge is 0.337 e. The number of thioether (sulfide) groups is 1. The van der Waals surface area contributed by atoms with Gasteiger partial charge in [0.15, 0.2) is 16.7 Å². The number of hydrogen-bond donors (Lipinski definition) is 0. The Hall–Kier alpha value is -2.78.